The summed E-state index contributed by atoms with van der Waals surface area (Å²) in [6, 6.07) is 3.76. The average Bonchev–Trinajstić information content (AvgIpc) is 2.73. The minimum atomic E-state index is -0.262. The summed E-state index contributed by atoms with van der Waals surface area (Å²) in [5.41, 5.74) is 0.659. The van der Waals surface area contributed by atoms with Crippen LogP contribution in [0, 0.1) is 5.82 Å². The van der Waals surface area contributed by atoms with Gasteiger partial charge in [-0.15, -0.1) is 11.3 Å². The van der Waals surface area contributed by atoms with Crippen molar-refractivity contribution >= 4 is 27.3 Å². The summed E-state index contributed by atoms with van der Waals surface area (Å²) >= 11 is 5.09. The van der Waals surface area contributed by atoms with Crippen LogP contribution in [0.2, 0.25) is 0 Å². The number of likely N-dealkylation sites (N-methyl/N-ethyl adjacent to an activating group) is 1. The van der Waals surface area contributed by atoms with Crippen molar-refractivity contribution in [1.29, 1.82) is 0 Å². The molecule has 2 nitrogen and oxygen atoms in total. The van der Waals surface area contributed by atoms with Crippen LogP contribution in [0.5, 0.6) is 0 Å². The molecule has 5 heteroatoms. The molecule has 0 radical (unpaired) electrons. The van der Waals surface area contributed by atoms with Crippen molar-refractivity contribution in [3.05, 3.63) is 50.6 Å². The third kappa shape index (κ3) is 3.12. The highest BCUT2D eigenvalue weighted by molar-refractivity contribution is 9.10. The quantitative estimate of drug-likeness (QED) is 0.933. The van der Waals surface area contributed by atoms with E-state index in [9.17, 15) is 4.39 Å². The predicted molar refractivity (Wildman–Crippen MR) is 71.7 cm³/mol. The van der Waals surface area contributed by atoms with Crippen LogP contribution in [0.1, 0.15) is 16.5 Å². The van der Waals surface area contributed by atoms with Crippen molar-refractivity contribution in [3.8, 4) is 0 Å². The van der Waals surface area contributed by atoms with Crippen LogP contribution in [-0.2, 0) is 6.42 Å². The van der Waals surface area contributed by atoms with Gasteiger partial charge in [0.15, 0.2) is 0 Å². The normalized spacial score (nSPS) is 12.6. The fourth-order valence-electron chi connectivity index (χ4n) is 1.70. The molecule has 0 saturated carbocycles. The van der Waals surface area contributed by atoms with Gasteiger partial charge in [0.2, 0.25) is 0 Å². The summed E-state index contributed by atoms with van der Waals surface area (Å²) in [6.07, 6.45) is 3.64. The number of nitrogens with one attached hydrogen (secondary N) is 1. The molecule has 0 fully saturated rings. The van der Waals surface area contributed by atoms with E-state index in [1.165, 1.54) is 11.1 Å². The number of pyridine rings is 1. The van der Waals surface area contributed by atoms with Crippen molar-refractivity contribution in [2.75, 3.05) is 7.05 Å². The van der Waals surface area contributed by atoms with Gasteiger partial charge in [-0.3, -0.25) is 4.98 Å². The molecule has 0 aliphatic rings. The molecule has 1 N–H and O–H groups in total. The van der Waals surface area contributed by atoms with Crippen LogP contribution < -0.4 is 5.32 Å². The van der Waals surface area contributed by atoms with E-state index in [1.54, 1.807) is 23.6 Å². The second-order valence-corrected chi connectivity index (χ2v) is 5.59. The van der Waals surface area contributed by atoms with Gasteiger partial charge < -0.3 is 5.32 Å². The molecule has 0 saturated heterocycles. The molecule has 0 aliphatic carbocycles. The third-order valence-electron chi connectivity index (χ3n) is 2.55. The highest BCUT2D eigenvalue weighted by atomic mass is 79.9. The maximum Gasteiger partial charge on any atom is 0.146 e. The van der Waals surface area contributed by atoms with E-state index in [1.807, 2.05) is 12.4 Å². The lowest BCUT2D eigenvalue weighted by molar-refractivity contribution is 0.532. The van der Waals surface area contributed by atoms with Crippen molar-refractivity contribution in [3.63, 3.8) is 0 Å². The highest BCUT2D eigenvalue weighted by Crippen LogP contribution is 2.26. The number of thiophene rings is 1. The van der Waals surface area contributed by atoms with Crippen molar-refractivity contribution in [2.45, 2.75) is 12.5 Å². The van der Waals surface area contributed by atoms with Crippen molar-refractivity contribution in [1.82, 2.24) is 10.3 Å². The van der Waals surface area contributed by atoms with Gasteiger partial charge in [0.1, 0.15) is 5.82 Å². The molecule has 0 bridgehead atoms. The molecule has 17 heavy (non-hydrogen) atoms. The maximum atomic E-state index is 13.6. The van der Waals surface area contributed by atoms with Gasteiger partial charge in [-0.1, -0.05) is 0 Å². The Kier molecular flexibility index (Phi) is 4.25. The molecule has 2 aromatic rings. The summed E-state index contributed by atoms with van der Waals surface area (Å²) in [5, 5.41) is 5.17. The monoisotopic (exact) mass is 314 g/mol. The van der Waals surface area contributed by atoms with Crippen LogP contribution in [0.4, 0.5) is 4.39 Å². The molecule has 2 heterocycles. The number of halogens is 2. The molecule has 90 valence electrons. The summed E-state index contributed by atoms with van der Waals surface area (Å²) in [6.45, 7) is 0. The van der Waals surface area contributed by atoms with Crippen LogP contribution >= 0.6 is 27.3 Å². The van der Waals surface area contributed by atoms with Crippen LogP contribution in [-0.4, -0.2) is 12.0 Å². The lowest BCUT2D eigenvalue weighted by Crippen LogP contribution is -2.19. The van der Waals surface area contributed by atoms with Gasteiger partial charge >= 0.3 is 0 Å². The molecular formula is C12H12BrFN2S. The predicted octanol–water partition coefficient (Wildman–Crippen LogP) is 3.55. The third-order valence-corrected chi connectivity index (χ3v) is 4.27. The van der Waals surface area contributed by atoms with E-state index < -0.39 is 0 Å². The van der Waals surface area contributed by atoms with E-state index >= 15 is 0 Å². The van der Waals surface area contributed by atoms with Crippen LogP contribution in [0.3, 0.4) is 0 Å². The summed E-state index contributed by atoms with van der Waals surface area (Å²) in [4.78, 5) is 4.98. The number of hydrogen-bond donors (Lipinski definition) is 1. The molecule has 0 amide bonds. The zero-order valence-corrected chi connectivity index (χ0v) is 11.7. The molecule has 2 rings (SSSR count). The first-order chi connectivity index (χ1) is 8.20. The maximum absolute atomic E-state index is 13.6. The summed E-state index contributed by atoms with van der Waals surface area (Å²) in [5.74, 6) is -0.262. The zero-order chi connectivity index (χ0) is 12.3. The molecule has 0 aliphatic heterocycles. The Morgan fingerprint density at radius 1 is 1.59 bits per heavy atom. The van der Waals surface area contributed by atoms with E-state index in [4.69, 9.17) is 0 Å². The van der Waals surface area contributed by atoms with Crippen LogP contribution in [0.25, 0.3) is 0 Å². The lowest BCUT2D eigenvalue weighted by atomic mass is 10.0. The Labute approximate surface area is 112 Å². The van der Waals surface area contributed by atoms with E-state index in [2.05, 4.69) is 32.3 Å². The fraction of sp³-hybridized carbons (Fsp3) is 0.250. The number of hydrogen-bond acceptors (Lipinski definition) is 3. The Morgan fingerprint density at radius 3 is 3.00 bits per heavy atom. The molecule has 1 unspecified atom stereocenters. The highest BCUT2D eigenvalue weighted by Gasteiger charge is 2.15. The Balaban J connectivity index is 2.20. The average molecular weight is 315 g/mol. The smallest absolute Gasteiger partial charge is 0.146 e. The van der Waals surface area contributed by atoms with E-state index in [0.717, 1.165) is 10.9 Å². The number of nitrogens with zero attached hydrogens (tertiary/aromatic N) is 1. The van der Waals surface area contributed by atoms with Gasteiger partial charge in [0.25, 0.3) is 0 Å². The lowest BCUT2D eigenvalue weighted by Gasteiger charge is -2.16. The largest absolute Gasteiger partial charge is 0.313 e. The topological polar surface area (TPSA) is 24.9 Å². The Morgan fingerprint density at radius 2 is 2.41 bits per heavy atom. The zero-order valence-electron chi connectivity index (χ0n) is 9.28. The van der Waals surface area contributed by atoms with Crippen molar-refractivity contribution in [2.24, 2.45) is 0 Å². The fourth-order valence-corrected chi connectivity index (χ4v) is 3.20. The standard InChI is InChI=1S/C12H12BrFN2S/c1-15-12(5-9-4-8(13)7-17-9)10-2-3-16-6-11(10)14/h2-4,6-7,12,15H,5H2,1H3. The second-order valence-electron chi connectivity index (χ2n) is 3.67. The first kappa shape index (κ1) is 12.7. The minimum absolute atomic E-state index is 0.0245. The van der Waals surface area contributed by atoms with Crippen LogP contribution in [0.15, 0.2) is 34.4 Å². The summed E-state index contributed by atoms with van der Waals surface area (Å²) < 4.78 is 14.7. The Bertz CT molecular complexity index is 501. The Hall–Kier alpha value is -0.780. The molecular weight excluding hydrogens is 303 g/mol. The SMILES string of the molecule is CNC(Cc1cc(Br)cs1)c1ccncc1F. The molecule has 1 atom stereocenters. The van der Waals surface area contributed by atoms with E-state index in [0.29, 0.717) is 5.56 Å². The van der Waals surface area contributed by atoms with Gasteiger partial charge in [-0.05, 0) is 35.1 Å². The molecule has 0 spiro atoms. The molecule has 0 aromatic carbocycles. The van der Waals surface area contributed by atoms with Crippen molar-refractivity contribution < 1.29 is 4.39 Å². The number of rotatable bonds is 4. The van der Waals surface area contributed by atoms with E-state index in [-0.39, 0.29) is 11.9 Å². The van der Waals surface area contributed by atoms with Gasteiger partial charge in [0.05, 0.1) is 6.20 Å². The minimum Gasteiger partial charge on any atom is -0.313 e. The van der Waals surface area contributed by atoms with Gasteiger partial charge in [-0.25, -0.2) is 4.39 Å². The first-order valence-electron chi connectivity index (χ1n) is 5.20. The van der Waals surface area contributed by atoms with Gasteiger partial charge in [0, 0.05) is 39.0 Å². The molecule has 2 aromatic heterocycles. The second kappa shape index (κ2) is 5.71. The number of aromatic nitrogens is 1. The summed E-state index contributed by atoms with van der Waals surface area (Å²) in [7, 11) is 1.84. The van der Waals surface area contributed by atoms with Gasteiger partial charge in [-0.2, -0.15) is 0 Å². The first-order valence-corrected chi connectivity index (χ1v) is 6.87.